The number of benzene rings is 2. The van der Waals surface area contributed by atoms with Crippen LogP contribution in [0.15, 0.2) is 67.1 Å². The van der Waals surface area contributed by atoms with Crippen LogP contribution in [-0.4, -0.2) is 31.6 Å². The first-order valence-corrected chi connectivity index (χ1v) is 9.31. The van der Waals surface area contributed by atoms with Gasteiger partial charge in [0, 0.05) is 11.9 Å². The molecule has 0 radical (unpaired) electrons. The van der Waals surface area contributed by atoms with Gasteiger partial charge in [-0.05, 0) is 36.8 Å². The van der Waals surface area contributed by atoms with Crippen molar-refractivity contribution in [1.29, 1.82) is 0 Å². The number of aromatic nitrogens is 4. The van der Waals surface area contributed by atoms with Gasteiger partial charge in [-0.3, -0.25) is 9.36 Å². The summed E-state index contributed by atoms with van der Waals surface area (Å²) in [6.07, 6.45) is -1.85. The third-order valence-electron chi connectivity index (χ3n) is 4.60. The standard InChI is InChI=1S/C21H17F3N6O/c1-13(14-5-3-2-4-6-14)27-20-25-10-9-18(29-20)30-12-26-16-11-15(7-8-17(16)30)28-19(31)21(22,23)24/h2-13H,1H3,(H,28,31)(H,25,27,29)/t13-/m0/s1. The molecule has 0 fully saturated rings. The molecule has 0 spiro atoms. The van der Waals surface area contributed by atoms with Crippen molar-refractivity contribution in [3.05, 3.63) is 72.7 Å². The largest absolute Gasteiger partial charge is 0.471 e. The first-order chi connectivity index (χ1) is 14.8. The molecule has 0 aliphatic carbocycles. The second-order valence-corrected chi connectivity index (χ2v) is 6.79. The predicted molar refractivity (Wildman–Crippen MR) is 110 cm³/mol. The van der Waals surface area contributed by atoms with Crippen LogP contribution in [0.5, 0.6) is 0 Å². The number of hydrogen-bond donors (Lipinski definition) is 2. The van der Waals surface area contributed by atoms with E-state index in [1.807, 2.05) is 42.6 Å². The Labute approximate surface area is 175 Å². The van der Waals surface area contributed by atoms with Gasteiger partial charge in [0.05, 0.1) is 17.1 Å². The molecule has 4 aromatic rings. The molecule has 0 aliphatic heterocycles. The van der Waals surface area contributed by atoms with E-state index in [9.17, 15) is 18.0 Å². The Morgan fingerprint density at radius 2 is 1.84 bits per heavy atom. The Morgan fingerprint density at radius 3 is 2.58 bits per heavy atom. The van der Waals surface area contributed by atoms with Crippen molar-refractivity contribution in [2.24, 2.45) is 0 Å². The number of anilines is 2. The Morgan fingerprint density at radius 1 is 1.06 bits per heavy atom. The minimum Gasteiger partial charge on any atom is -0.348 e. The lowest BCUT2D eigenvalue weighted by molar-refractivity contribution is -0.167. The number of halogens is 3. The first-order valence-electron chi connectivity index (χ1n) is 9.31. The van der Waals surface area contributed by atoms with Crippen LogP contribution >= 0.6 is 0 Å². The average molecular weight is 426 g/mol. The zero-order chi connectivity index (χ0) is 22.0. The van der Waals surface area contributed by atoms with Gasteiger partial charge in [-0.2, -0.15) is 18.2 Å². The topological polar surface area (TPSA) is 84.7 Å². The molecule has 4 rings (SSSR count). The number of fused-ring (bicyclic) bond motifs is 1. The summed E-state index contributed by atoms with van der Waals surface area (Å²) in [6.45, 7) is 1.99. The van der Waals surface area contributed by atoms with Gasteiger partial charge in [-0.15, -0.1) is 0 Å². The van der Waals surface area contributed by atoms with E-state index in [0.29, 0.717) is 22.8 Å². The lowest BCUT2D eigenvalue weighted by Gasteiger charge is -2.14. The highest BCUT2D eigenvalue weighted by Gasteiger charge is 2.38. The van der Waals surface area contributed by atoms with E-state index in [2.05, 4.69) is 20.3 Å². The summed E-state index contributed by atoms with van der Waals surface area (Å²) in [7, 11) is 0. The number of nitrogens with one attached hydrogen (secondary N) is 2. The fraction of sp³-hybridized carbons (Fsp3) is 0.143. The monoisotopic (exact) mass is 426 g/mol. The lowest BCUT2D eigenvalue weighted by Crippen LogP contribution is -2.29. The van der Waals surface area contributed by atoms with Crippen molar-refractivity contribution in [1.82, 2.24) is 19.5 Å². The molecule has 10 heteroatoms. The van der Waals surface area contributed by atoms with Crippen LogP contribution in [0.25, 0.3) is 16.9 Å². The summed E-state index contributed by atoms with van der Waals surface area (Å²) in [5.74, 6) is -1.08. The van der Waals surface area contributed by atoms with Gasteiger partial charge in [0.15, 0.2) is 0 Å². The van der Waals surface area contributed by atoms with Gasteiger partial charge in [-0.25, -0.2) is 9.97 Å². The van der Waals surface area contributed by atoms with Crippen molar-refractivity contribution in [2.75, 3.05) is 10.6 Å². The molecule has 7 nitrogen and oxygen atoms in total. The van der Waals surface area contributed by atoms with E-state index in [1.165, 1.54) is 18.5 Å². The molecule has 1 atom stereocenters. The maximum atomic E-state index is 12.5. The molecule has 31 heavy (non-hydrogen) atoms. The molecule has 0 aliphatic rings. The van der Waals surface area contributed by atoms with E-state index in [4.69, 9.17) is 0 Å². The van der Waals surface area contributed by atoms with Crippen LogP contribution in [0.4, 0.5) is 24.8 Å². The normalized spacial score (nSPS) is 12.5. The second-order valence-electron chi connectivity index (χ2n) is 6.79. The molecule has 2 N–H and O–H groups in total. The van der Waals surface area contributed by atoms with Crippen molar-refractivity contribution >= 4 is 28.6 Å². The van der Waals surface area contributed by atoms with Crippen molar-refractivity contribution < 1.29 is 18.0 Å². The van der Waals surface area contributed by atoms with Gasteiger partial charge < -0.3 is 10.6 Å². The first kappa shape index (κ1) is 20.3. The zero-order valence-corrected chi connectivity index (χ0v) is 16.3. The Bertz CT molecular complexity index is 1220. The summed E-state index contributed by atoms with van der Waals surface area (Å²) in [5.41, 5.74) is 2.11. The van der Waals surface area contributed by atoms with Crippen LogP contribution in [0.3, 0.4) is 0 Å². The maximum absolute atomic E-state index is 12.5. The summed E-state index contributed by atoms with van der Waals surface area (Å²) < 4.78 is 39.1. The van der Waals surface area contributed by atoms with Gasteiger partial charge in [0.1, 0.15) is 12.1 Å². The summed E-state index contributed by atoms with van der Waals surface area (Å²) in [5, 5.41) is 5.06. The van der Waals surface area contributed by atoms with Gasteiger partial charge in [0.25, 0.3) is 0 Å². The number of hydrogen-bond acceptors (Lipinski definition) is 5. The van der Waals surface area contributed by atoms with E-state index in [0.717, 1.165) is 5.56 Å². The summed E-state index contributed by atoms with van der Waals surface area (Å²) >= 11 is 0. The van der Waals surface area contributed by atoms with Gasteiger partial charge >= 0.3 is 12.1 Å². The Balaban J connectivity index is 1.58. The molecule has 0 unspecified atom stereocenters. The fourth-order valence-corrected chi connectivity index (χ4v) is 3.05. The molecule has 2 heterocycles. The quantitative estimate of drug-likeness (QED) is 0.491. The maximum Gasteiger partial charge on any atom is 0.471 e. The molecule has 158 valence electrons. The predicted octanol–water partition coefficient (Wildman–Crippen LogP) is 4.49. The highest BCUT2D eigenvalue weighted by atomic mass is 19.4. The van der Waals surface area contributed by atoms with Gasteiger partial charge in [-0.1, -0.05) is 30.3 Å². The van der Waals surface area contributed by atoms with Crippen molar-refractivity contribution in [3.8, 4) is 5.82 Å². The molecule has 0 saturated carbocycles. The number of carbonyl (C=O) groups is 1. The molecule has 1 amide bonds. The van der Waals surface area contributed by atoms with Crippen LogP contribution in [-0.2, 0) is 4.79 Å². The molecule has 0 bridgehead atoms. The summed E-state index contributed by atoms with van der Waals surface area (Å²) in [4.78, 5) is 24.1. The van der Waals surface area contributed by atoms with Crippen LogP contribution in [0.1, 0.15) is 18.5 Å². The molecular formula is C21H17F3N6O. The number of imidazole rings is 1. The molecule has 2 aromatic heterocycles. The van der Waals surface area contributed by atoms with Crippen molar-refractivity contribution in [3.63, 3.8) is 0 Å². The van der Waals surface area contributed by atoms with E-state index in [-0.39, 0.29) is 11.7 Å². The number of nitrogens with zero attached hydrogens (tertiary/aromatic N) is 4. The highest BCUT2D eigenvalue weighted by molar-refractivity contribution is 5.96. The number of alkyl halides is 3. The van der Waals surface area contributed by atoms with Crippen LogP contribution in [0, 0.1) is 0 Å². The van der Waals surface area contributed by atoms with E-state index in [1.54, 1.807) is 22.9 Å². The molecular weight excluding hydrogens is 409 g/mol. The van der Waals surface area contributed by atoms with E-state index < -0.39 is 12.1 Å². The van der Waals surface area contributed by atoms with Crippen LogP contribution < -0.4 is 10.6 Å². The zero-order valence-electron chi connectivity index (χ0n) is 16.3. The van der Waals surface area contributed by atoms with E-state index >= 15 is 0 Å². The minimum atomic E-state index is -4.96. The Kier molecular flexibility index (Phi) is 5.28. The van der Waals surface area contributed by atoms with Crippen LogP contribution in [0.2, 0.25) is 0 Å². The SMILES string of the molecule is C[C@H](Nc1nccc(-n2cnc3cc(NC(=O)C(F)(F)F)ccc32)n1)c1ccccc1. The third-order valence-corrected chi connectivity index (χ3v) is 4.60. The lowest BCUT2D eigenvalue weighted by atomic mass is 10.1. The van der Waals surface area contributed by atoms with Crippen molar-refractivity contribution in [2.45, 2.75) is 19.1 Å². The average Bonchev–Trinajstić information content (AvgIpc) is 3.17. The number of carbonyl (C=O) groups excluding carboxylic acids is 1. The minimum absolute atomic E-state index is 0.00167. The molecule has 0 saturated heterocycles. The number of rotatable bonds is 5. The summed E-state index contributed by atoms with van der Waals surface area (Å²) in [6, 6.07) is 15.8. The number of amides is 1. The smallest absolute Gasteiger partial charge is 0.348 e. The highest BCUT2D eigenvalue weighted by Crippen LogP contribution is 2.24. The third kappa shape index (κ3) is 4.47. The Hall–Kier alpha value is -3.95. The van der Waals surface area contributed by atoms with Gasteiger partial charge in [0.2, 0.25) is 5.95 Å². The fourth-order valence-electron chi connectivity index (χ4n) is 3.05. The molecule has 2 aromatic carbocycles. The second kappa shape index (κ2) is 8.05.